The summed E-state index contributed by atoms with van der Waals surface area (Å²) in [5.41, 5.74) is 1.14. The highest BCUT2D eigenvalue weighted by atomic mass is 16.4. The third-order valence-electron chi connectivity index (χ3n) is 3.93. The van der Waals surface area contributed by atoms with Gasteiger partial charge in [0.15, 0.2) is 0 Å². The van der Waals surface area contributed by atoms with E-state index in [9.17, 15) is 9.90 Å². The Bertz CT molecular complexity index is 459. The molecule has 0 unspecified atom stereocenters. The van der Waals surface area contributed by atoms with Gasteiger partial charge in [-0.25, -0.2) is 4.79 Å². The van der Waals surface area contributed by atoms with Crippen LogP contribution in [0, 0.1) is 12.3 Å². The maximum atomic E-state index is 11.2. The van der Waals surface area contributed by atoms with Crippen LogP contribution in [0.2, 0.25) is 0 Å². The summed E-state index contributed by atoms with van der Waals surface area (Å²) < 4.78 is 1.62. The fourth-order valence-corrected chi connectivity index (χ4v) is 2.82. The number of carbonyl (C=O) groups is 1. The molecule has 1 saturated carbocycles. The molecule has 0 aliphatic heterocycles. The molecule has 5 nitrogen and oxygen atoms in total. The second kappa shape index (κ2) is 4.63. The van der Waals surface area contributed by atoms with Gasteiger partial charge in [-0.05, 0) is 25.2 Å². The number of aromatic nitrogens is 2. The summed E-state index contributed by atoms with van der Waals surface area (Å²) in [6.45, 7) is 4.80. The van der Waals surface area contributed by atoms with Gasteiger partial charge in [0.2, 0.25) is 0 Å². The average molecular weight is 251 g/mol. The molecule has 0 aromatic carbocycles. The van der Waals surface area contributed by atoms with E-state index in [1.54, 1.807) is 18.7 Å². The zero-order chi connectivity index (χ0) is 13.3. The van der Waals surface area contributed by atoms with Gasteiger partial charge in [-0.15, -0.1) is 0 Å². The minimum Gasteiger partial charge on any atom is -0.477 e. The van der Waals surface area contributed by atoms with Crippen molar-refractivity contribution in [3.05, 3.63) is 11.3 Å². The molecule has 5 heteroatoms. The number of hydrogen-bond donors (Lipinski definition) is 2. The number of nitrogens with one attached hydrogen (secondary N) is 1. The maximum absolute atomic E-state index is 11.2. The first-order valence-corrected chi connectivity index (χ1v) is 6.44. The Hall–Kier alpha value is -1.52. The second-order valence-corrected chi connectivity index (χ2v) is 5.61. The van der Waals surface area contributed by atoms with Gasteiger partial charge >= 0.3 is 5.97 Å². The first kappa shape index (κ1) is 12.9. The molecule has 2 N–H and O–H groups in total. The van der Waals surface area contributed by atoms with Gasteiger partial charge in [0.05, 0.1) is 5.69 Å². The Morgan fingerprint density at radius 1 is 1.50 bits per heavy atom. The fraction of sp³-hybridized carbons (Fsp3) is 0.692. The topological polar surface area (TPSA) is 67.2 Å². The number of carboxylic acids is 1. The van der Waals surface area contributed by atoms with Crippen molar-refractivity contribution in [1.29, 1.82) is 0 Å². The van der Waals surface area contributed by atoms with Crippen LogP contribution < -0.4 is 5.32 Å². The van der Waals surface area contributed by atoms with Crippen molar-refractivity contribution in [2.75, 3.05) is 11.9 Å². The number of nitrogens with zero attached hydrogens (tertiary/aromatic N) is 2. The lowest BCUT2D eigenvalue weighted by molar-refractivity contribution is 0.0697. The van der Waals surface area contributed by atoms with Gasteiger partial charge in [-0.2, -0.15) is 5.10 Å². The van der Waals surface area contributed by atoms with Crippen molar-refractivity contribution in [3.63, 3.8) is 0 Å². The van der Waals surface area contributed by atoms with Gasteiger partial charge in [0.25, 0.3) is 0 Å². The molecular weight excluding hydrogens is 230 g/mol. The van der Waals surface area contributed by atoms with E-state index >= 15 is 0 Å². The second-order valence-electron chi connectivity index (χ2n) is 5.61. The smallest absolute Gasteiger partial charge is 0.341 e. The molecule has 0 radical (unpaired) electrons. The molecule has 0 bridgehead atoms. The van der Waals surface area contributed by atoms with E-state index in [0.29, 0.717) is 17.1 Å². The number of aryl methyl sites for hydroxylation is 2. The number of rotatable bonds is 4. The van der Waals surface area contributed by atoms with Crippen LogP contribution in [0.5, 0.6) is 0 Å². The van der Waals surface area contributed by atoms with E-state index in [4.69, 9.17) is 0 Å². The van der Waals surface area contributed by atoms with Gasteiger partial charge in [0, 0.05) is 13.6 Å². The molecular formula is C13H21N3O2. The number of hydrogen-bond acceptors (Lipinski definition) is 3. The SMILES string of the molecule is Cc1nn(C)c(NCC2(C)CCCC2)c1C(=O)O. The standard InChI is InChI=1S/C13H21N3O2/c1-9-10(12(17)18)11(16(3)15-9)14-8-13(2)6-4-5-7-13/h14H,4-8H2,1-3H3,(H,17,18). The molecule has 1 aliphatic rings. The van der Waals surface area contributed by atoms with Crippen molar-refractivity contribution in [2.24, 2.45) is 12.5 Å². The molecule has 100 valence electrons. The van der Waals surface area contributed by atoms with Gasteiger partial charge < -0.3 is 10.4 Å². The number of anilines is 1. The van der Waals surface area contributed by atoms with E-state index in [1.807, 2.05) is 0 Å². The summed E-state index contributed by atoms with van der Waals surface area (Å²) in [5, 5.41) is 16.7. The van der Waals surface area contributed by atoms with Crippen molar-refractivity contribution in [1.82, 2.24) is 9.78 Å². The minimum absolute atomic E-state index is 0.286. The van der Waals surface area contributed by atoms with Crippen molar-refractivity contribution >= 4 is 11.8 Å². The molecule has 2 rings (SSSR count). The number of aromatic carboxylic acids is 1. The summed E-state index contributed by atoms with van der Waals surface area (Å²) in [7, 11) is 1.78. The van der Waals surface area contributed by atoms with Gasteiger partial charge in [-0.1, -0.05) is 19.8 Å². The predicted molar refractivity (Wildman–Crippen MR) is 70.0 cm³/mol. The fourth-order valence-electron chi connectivity index (χ4n) is 2.82. The summed E-state index contributed by atoms with van der Waals surface area (Å²) in [5.74, 6) is -0.298. The van der Waals surface area contributed by atoms with Crippen LogP contribution in [0.3, 0.4) is 0 Å². The van der Waals surface area contributed by atoms with Crippen molar-refractivity contribution in [3.8, 4) is 0 Å². The molecule has 1 aliphatic carbocycles. The van der Waals surface area contributed by atoms with Crippen LogP contribution in [0.25, 0.3) is 0 Å². The van der Waals surface area contributed by atoms with E-state index in [2.05, 4.69) is 17.3 Å². The number of carboxylic acid groups (broad SMARTS) is 1. The predicted octanol–water partition coefficient (Wildman–Crippen LogP) is 2.42. The Morgan fingerprint density at radius 2 is 2.11 bits per heavy atom. The molecule has 1 fully saturated rings. The third kappa shape index (κ3) is 2.35. The monoisotopic (exact) mass is 251 g/mol. The van der Waals surface area contributed by atoms with Crippen LogP contribution >= 0.6 is 0 Å². The summed E-state index contributed by atoms with van der Waals surface area (Å²) in [6.07, 6.45) is 4.96. The maximum Gasteiger partial charge on any atom is 0.341 e. The molecule has 0 saturated heterocycles. The molecule has 18 heavy (non-hydrogen) atoms. The first-order valence-electron chi connectivity index (χ1n) is 6.44. The summed E-state index contributed by atoms with van der Waals surface area (Å²) in [6, 6.07) is 0. The van der Waals surface area contributed by atoms with Crippen LogP contribution in [-0.2, 0) is 7.05 Å². The molecule has 0 amide bonds. The minimum atomic E-state index is -0.917. The third-order valence-corrected chi connectivity index (χ3v) is 3.93. The van der Waals surface area contributed by atoms with Crippen LogP contribution in [-0.4, -0.2) is 27.4 Å². The van der Waals surface area contributed by atoms with Crippen LogP contribution in [0.4, 0.5) is 5.82 Å². The highest BCUT2D eigenvalue weighted by Crippen LogP contribution is 2.37. The normalized spacial score (nSPS) is 17.9. The van der Waals surface area contributed by atoms with Gasteiger partial charge in [-0.3, -0.25) is 4.68 Å². The highest BCUT2D eigenvalue weighted by Gasteiger charge is 2.29. The Morgan fingerprint density at radius 3 is 2.67 bits per heavy atom. The summed E-state index contributed by atoms with van der Waals surface area (Å²) in [4.78, 5) is 11.2. The highest BCUT2D eigenvalue weighted by molar-refractivity contribution is 5.94. The summed E-state index contributed by atoms with van der Waals surface area (Å²) >= 11 is 0. The Labute approximate surface area is 107 Å². The largest absolute Gasteiger partial charge is 0.477 e. The Balaban J connectivity index is 2.16. The lowest BCUT2D eigenvalue weighted by Gasteiger charge is -2.24. The van der Waals surface area contributed by atoms with Crippen LogP contribution in [0.15, 0.2) is 0 Å². The first-order chi connectivity index (χ1) is 8.43. The Kier molecular flexibility index (Phi) is 3.32. The lowest BCUT2D eigenvalue weighted by atomic mass is 9.89. The molecule has 0 atom stereocenters. The van der Waals surface area contributed by atoms with E-state index in [0.717, 1.165) is 6.54 Å². The molecule has 1 heterocycles. The molecule has 0 spiro atoms. The van der Waals surface area contributed by atoms with Gasteiger partial charge in [0.1, 0.15) is 11.4 Å². The molecule has 1 aromatic heterocycles. The lowest BCUT2D eigenvalue weighted by Crippen LogP contribution is -2.24. The average Bonchev–Trinajstić information content (AvgIpc) is 2.81. The van der Waals surface area contributed by atoms with Crippen molar-refractivity contribution in [2.45, 2.75) is 39.5 Å². The van der Waals surface area contributed by atoms with E-state index in [-0.39, 0.29) is 5.41 Å². The zero-order valence-electron chi connectivity index (χ0n) is 11.3. The molecule has 1 aromatic rings. The quantitative estimate of drug-likeness (QED) is 0.862. The van der Waals surface area contributed by atoms with E-state index in [1.165, 1.54) is 25.7 Å². The zero-order valence-corrected chi connectivity index (χ0v) is 11.3. The van der Waals surface area contributed by atoms with E-state index < -0.39 is 5.97 Å². The van der Waals surface area contributed by atoms with Crippen molar-refractivity contribution < 1.29 is 9.90 Å². The van der Waals surface area contributed by atoms with Crippen LogP contribution in [0.1, 0.15) is 48.7 Å².